The maximum absolute atomic E-state index is 14.2. The summed E-state index contributed by atoms with van der Waals surface area (Å²) < 4.78 is 1.09. The molecular weight excluding hydrogens is 571 g/mol. The molecule has 0 fully saturated rings. The summed E-state index contributed by atoms with van der Waals surface area (Å²) >= 11 is 2.27. The van der Waals surface area contributed by atoms with Crippen LogP contribution in [-0.4, -0.2) is 21.6 Å². The molecule has 4 aromatic carbocycles. The highest BCUT2D eigenvalue weighted by Crippen LogP contribution is 2.47. The van der Waals surface area contributed by atoms with Gasteiger partial charge in [0.1, 0.15) is 0 Å². The predicted octanol–water partition coefficient (Wildman–Crippen LogP) is 6.50. The average Bonchev–Trinajstić information content (AvgIpc) is 3.37. The number of benzene rings is 4. The first-order chi connectivity index (χ1) is 18.1. The molecule has 0 spiro atoms. The molecule has 0 saturated heterocycles. The lowest BCUT2D eigenvalue weighted by molar-refractivity contribution is -0.124. The van der Waals surface area contributed by atoms with E-state index >= 15 is 0 Å². The molecule has 0 bridgehead atoms. The zero-order chi connectivity index (χ0) is 25.4. The van der Waals surface area contributed by atoms with E-state index in [-0.39, 0.29) is 11.8 Å². The molecule has 4 aromatic rings. The van der Waals surface area contributed by atoms with Crippen LogP contribution in [0.2, 0.25) is 0 Å². The number of nitrogens with zero attached hydrogens (tertiary/aromatic N) is 2. The van der Waals surface area contributed by atoms with Gasteiger partial charge < -0.3 is 9.80 Å². The topological polar surface area (TPSA) is 40.6 Å². The van der Waals surface area contributed by atoms with E-state index in [1.54, 1.807) is 9.80 Å². The summed E-state index contributed by atoms with van der Waals surface area (Å²) in [7, 11) is 0. The molecule has 2 aliphatic heterocycles. The van der Waals surface area contributed by atoms with Gasteiger partial charge in [-0.05, 0) is 57.0 Å². The van der Waals surface area contributed by atoms with E-state index in [9.17, 15) is 9.59 Å². The molecule has 180 valence electrons. The molecule has 6 rings (SSSR count). The van der Waals surface area contributed by atoms with Crippen molar-refractivity contribution in [3.05, 3.63) is 152 Å². The van der Waals surface area contributed by atoms with Gasteiger partial charge in [-0.3, -0.25) is 9.59 Å². The van der Waals surface area contributed by atoms with Crippen LogP contribution < -0.4 is 0 Å². The molecule has 4 nitrogen and oxygen atoms in total. The van der Waals surface area contributed by atoms with Crippen LogP contribution in [0, 0.1) is 3.57 Å². The van der Waals surface area contributed by atoms with Gasteiger partial charge in [0.15, 0.2) is 0 Å². The van der Waals surface area contributed by atoms with E-state index in [0.29, 0.717) is 35.6 Å². The number of fused-ring (bicyclic) bond motifs is 1. The van der Waals surface area contributed by atoms with Crippen molar-refractivity contribution < 1.29 is 9.59 Å². The molecular formula is C32H23IN2O2. The fourth-order valence-electron chi connectivity index (χ4n) is 5.03. The largest absolute Gasteiger partial charge is 0.302 e. The first kappa shape index (κ1) is 23.4. The van der Waals surface area contributed by atoms with Crippen molar-refractivity contribution in [3.63, 3.8) is 0 Å². The maximum atomic E-state index is 14.2. The van der Waals surface area contributed by atoms with Crippen LogP contribution in [0.15, 0.2) is 126 Å². The summed E-state index contributed by atoms with van der Waals surface area (Å²) in [6, 6.07) is 37.6. The van der Waals surface area contributed by atoms with Gasteiger partial charge in [0.25, 0.3) is 11.8 Å². The fourth-order valence-corrected chi connectivity index (χ4v) is 5.39. The van der Waals surface area contributed by atoms with Crippen molar-refractivity contribution >= 4 is 45.8 Å². The molecule has 0 unspecified atom stereocenters. The van der Waals surface area contributed by atoms with E-state index in [0.717, 1.165) is 25.8 Å². The van der Waals surface area contributed by atoms with Crippen molar-refractivity contribution in [1.29, 1.82) is 0 Å². The zero-order valence-electron chi connectivity index (χ0n) is 20.0. The second-order valence-corrected chi connectivity index (χ2v) is 10.3. The summed E-state index contributed by atoms with van der Waals surface area (Å²) in [5, 5.41) is 0. The van der Waals surface area contributed by atoms with Gasteiger partial charge in [-0.15, -0.1) is 0 Å². The van der Waals surface area contributed by atoms with Gasteiger partial charge >= 0.3 is 0 Å². The van der Waals surface area contributed by atoms with Gasteiger partial charge in [-0.25, -0.2) is 0 Å². The molecule has 0 N–H and O–H groups in total. The number of hydrogen-bond acceptors (Lipinski definition) is 2. The Morgan fingerprint density at radius 1 is 0.486 bits per heavy atom. The zero-order valence-corrected chi connectivity index (χ0v) is 22.1. The van der Waals surface area contributed by atoms with E-state index in [1.807, 2.05) is 115 Å². The van der Waals surface area contributed by atoms with Gasteiger partial charge in [-0.2, -0.15) is 0 Å². The number of carbonyl (C=O) groups excluding carboxylic acids is 2. The normalized spacial score (nSPS) is 15.2. The fraction of sp³-hybridized carbons (Fsp3) is 0.0625. The van der Waals surface area contributed by atoms with E-state index in [1.165, 1.54) is 0 Å². The standard InChI is InChI=1S/C32H23IN2O2/c33-26-18-16-25(17-19-26)30-28-27(31(36)35(30)21-23-12-6-2-7-13-23)29(24-14-8-3-9-15-24)34(32(28)37)20-22-10-4-1-5-11-22/h1-19H,20-21H2. The third kappa shape index (κ3) is 4.29. The van der Waals surface area contributed by atoms with Crippen LogP contribution in [0.1, 0.15) is 22.3 Å². The first-order valence-corrected chi connectivity index (χ1v) is 13.2. The van der Waals surface area contributed by atoms with Crippen LogP contribution >= 0.6 is 22.6 Å². The average molecular weight is 594 g/mol. The smallest absolute Gasteiger partial charge is 0.261 e. The SMILES string of the molecule is O=C1C2=C(c3ccc(I)cc3)N(Cc3ccccc3)C(=O)C2=C(c2ccccc2)N1Cc1ccccc1. The highest BCUT2D eigenvalue weighted by Gasteiger charge is 2.48. The highest BCUT2D eigenvalue weighted by molar-refractivity contribution is 14.1. The summed E-state index contributed by atoms with van der Waals surface area (Å²) in [5.74, 6) is -0.287. The van der Waals surface area contributed by atoms with E-state index < -0.39 is 0 Å². The number of halogens is 1. The van der Waals surface area contributed by atoms with Gasteiger partial charge in [0.05, 0.1) is 35.6 Å². The first-order valence-electron chi connectivity index (χ1n) is 12.1. The van der Waals surface area contributed by atoms with E-state index in [4.69, 9.17) is 0 Å². The molecule has 5 heteroatoms. The van der Waals surface area contributed by atoms with Crippen molar-refractivity contribution in [2.45, 2.75) is 13.1 Å². The van der Waals surface area contributed by atoms with Gasteiger partial charge in [-0.1, -0.05) is 103 Å². The van der Waals surface area contributed by atoms with Crippen LogP contribution in [-0.2, 0) is 22.7 Å². The second kappa shape index (κ2) is 9.82. The lowest BCUT2D eigenvalue weighted by Gasteiger charge is -2.25. The Morgan fingerprint density at radius 3 is 1.30 bits per heavy atom. The maximum Gasteiger partial charge on any atom is 0.261 e. The Kier molecular flexibility index (Phi) is 6.22. The van der Waals surface area contributed by atoms with Gasteiger partial charge in [0, 0.05) is 3.57 Å². The van der Waals surface area contributed by atoms with Crippen LogP contribution in [0.5, 0.6) is 0 Å². The third-order valence-electron chi connectivity index (χ3n) is 6.71. The molecule has 0 atom stereocenters. The molecule has 0 aromatic heterocycles. The summed E-state index contributed by atoms with van der Waals surface area (Å²) in [5.41, 5.74) is 6.05. The molecule has 0 saturated carbocycles. The summed E-state index contributed by atoms with van der Waals surface area (Å²) in [4.78, 5) is 32.0. The van der Waals surface area contributed by atoms with Crippen LogP contribution in [0.25, 0.3) is 11.4 Å². The predicted molar refractivity (Wildman–Crippen MR) is 153 cm³/mol. The minimum absolute atomic E-state index is 0.143. The number of carbonyl (C=O) groups is 2. The van der Waals surface area contributed by atoms with Crippen molar-refractivity contribution in [3.8, 4) is 0 Å². The van der Waals surface area contributed by atoms with E-state index in [2.05, 4.69) is 22.6 Å². The van der Waals surface area contributed by atoms with Crippen LogP contribution in [0.4, 0.5) is 0 Å². The Balaban J connectivity index is 1.57. The number of rotatable bonds is 6. The minimum atomic E-state index is -0.143. The van der Waals surface area contributed by atoms with Crippen molar-refractivity contribution in [2.24, 2.45) is 0 Å². The quantitative estimate of drug-likeness (QED) is 0.239. The van der Waals surface area contributed by atoms with Gasteiger partial charge in [0.2, 0.25) is 0 Å². The Morgan fingerprint density at radius 2 is 0.865 bits per heavy atom. The second-order valence-electron chi connectivity index (χ2n) is 9.07. The lowest BCUT2D eigenvalue weighted by atomic mass is 10.0. The molecule has 0 radical (unpaired) electrons. The molecule has 37 heavy (non-hydrogen) atoms. The monoisotopic (exact) mass is 594 g/mol. The van der Waals surface area contributed by atoms with Crippen LogP contribution in [0.3, 0.4) is 0 Å². The third-order valence-corrected chi connectivity index (χ3v) is 7.43. The lowest BCUT2D eigenvalue weighted by Crippen LogP contribution is -2.29. The Hall–Kier alpha value is -3.97. The Labute approximate surface area is 229 Å². The highest BCUT2D eigenvalue weighted by atomic mass is 127. The van der Waals surface area contributed by atoms with Crippen molar-refractivity contribution in [2.75, 3.05) is 0 Å². The molecule has 2 amide bonds. The molecule has 2 heterocycles. The molecule has 2 aliphatic rings. The number of hydrogen-bond donors (Lipinski definition) is 0. The Bertz CT molecular complexity index is 1540. The minimum Gasteiger partial charge on any atom is -0.302 e. The summed E-state index contributed by atoms with van der Waals surface area (Å²) in [6.45, 7) is 0.783. The summed E-state index contributed by atoms with van der Waals surface area (Å²) in [6.07, 6.45) is 0. The van der Waals surface area contributed by atoms with Crippen molar-refractivity contribution in [1.82, 2.24) is 9.80 Å². The number of amides is 2. The molecule has 0 aliphatic carbocycles.